The molecule has 28 heavy (non-hydrogen) atoms. The van der Waals surface area contributed by atoms with Crippen molar-refractivity contribution in [2.24, 2.45) is 5.10 Å². The summed E-state index contributed by atoms with van der Waals surface area (Å²) in [5, 5.41) is 3.97. The monoisotopic (exact) mass is 388 g/mol. The average molecular weight is 389 g/mol. The van der Waals surface area contributed by atoms with Gasteiger partial charge in [0.2, 0.25) is 5.91 Å². The first-order chi connectivity index (χ1) is 13.7. The zero-order valence-corrected chi connectivity index (χ0v) is 17.5. The molecule has 1 aromatic carbocycles. The second-order valence-electron chi connectivity index (χ2n) is 7.19. The fraction of sp³-hybridized carbons (Fsp3) is 0.609. The van der Waals surface area contributed by atoms with Gasteiger partial charge in [-0.1, -0.05) is 83.3 Å². The number of methoxy groups -OCH3 is 1. The van der Waals surface area contributed by atoms with Crippen molar-refractivity contribution < 1.29 is 14.3 Å². The van der Waals surface area contributed by atoms with Crippen LogP contribution >= 0.6 is 0 Å². The van der Waals surface area contributed by atoms with E-state index < -0.39 is 0 Å². The fourth-order valence-corrected chi connectivity index (χ4v) is 3.01. The number of amides is 1. The molecule has 5 nitrogen and oxygen atoms in total. The molecule has 156 valence electrons. The van der Waals surface area contributed by atoms with Gasteiger partial charge in [0.1, 0.15) is 0 Å². The van der Waals surface area contributed by atoms with Gasteiger partial charge in [0.15, 0.2) is 0 Å². The molecule has 0 unspecified atom stereocenters. The van der Waals surface area contributed by atoms with Crippen molar-refractivity contribution in [1.29, 1.82) is 0 Å². The van der Waals surface area contributed by atoms with Crippen LogP contribution in [0.1, 0.15) is 99.9 Å². The van der Waals surface area contributed by atoms with Crippen LogP contribution in [0.15, 0.2) is 29.4 Å². The van der Waals surface area contributed by atoms with Crippen molar-refractivity contribution in [2.45, 2.75) is 84.0 Å². The van der Waals surface area contributed by atoms with Gasteiger partial charge in [-0.3, -0.25) is 4.79 Å². The van der Waals surface area contributed by atoms with Gasteiger partial charge in [-0.15, -0.1) is 0 Å². The number of unbranched alkanes of at least 4 members (excludes halogenated alkanes) is 10. The zero-order valence-electron chi connectivity index (χ0n) is 17.5. The van der Waals surface area contributed by atoms with Crippen molar-refractivity contribution >= 4 is 18.1 Å². The topological polar surface area (TPSA) is 67.8 Å². The summed E-state index contributed by atoms with van der Waals surface area (Å²) in [7, 11) is 1.35. The van der Waals surface area contributed by atoms with E-state index in [4.69, 9.17) is 0 Å². The van der Waals surface area contributed by atoms with Crippen molar-refractivity contribution in [1.82, 2.24) is 5.43 Å². The quantitative estimate of drug-likeness (QED) is 0.183. The molecule has 0 aromatic heterocycles. The van der Waals surface area contributed by atoms with Crippen molar-refractivity contribution in [3.8, 4) is 0 Å². The summed E-state index contributed by atoms with van der Waals surface area (Å²) in [5.74, 6) is -0.429. The highest BCUT2D eigenvalue weighted by molar-refractivity contribution is 5.90. The van der Waals surface area contributed by atoms with Crippen LogP contribution in [0.5, 0.6) is 0 Å². The third-order valence-electron chi connectivity index (χ3n) is 4.74. The number of nitrogens with zero attached hydrogens (tertiary/aromatic N) is 1. The van der Waals surface area contributed by atoms with Crippen LogP contribution in [-0.4, -0.2) is 25.2 Å². The number of ether oxygens (including phenoxy) is 1. The highest BCUT2D eigenvalue weighted by Gasteiger charge is 2.03. The maximum Gasteiger partial charge on any atom is 0.337 e. The Hall–Kier alpha value is -2.17. The Morgan fingerprint density at radius 1 is 0.893 bits per heavy atom. The van der Waals surface area contributed by atoms with Gasteiger partial charge in [-0.05, 0) is 24.1 Å². The zero-order chi connectivity index (χ0) is 20.5. The highest BCUT2D eigenvalue weighted by Crippen LogP contribution is 2.11. The lowest BCUT2D eigenvalue weighted by molar-refractivity contribution is -0.121. The lowest BCUT2D eigenvalue weighted by Crippen LogP contribution is -2.16. The Morgan fingerprint density at radius 3 is 1.96 bits per heavy atom. The van der Waals surface area contributed by atoms with E-state index in [1.807, 2.05) is 0 Å². The Bertz CT molecular complexity index is 582. The molecule has 0 aliphatic carbocycles. The van der Waals surface area contributed by atoms with Crippen molar-refractivity contribution in [3.05, 3.63) is 35.4 Å². The first-order valence-electron chi connectivity index (χ1n) is 10.7. The van der Waals surface area contributed by atoms with E-state index in [0.29, 0.717) is 12.0 Å². The molecular formula is C23H36N2O3. The number of carbonyl (C=O) groups excluding carboxylic acids is 2. The summed E-state index contributed by atoms with van der Waals surface area (Å²) >= 11 is 0. The van der Waals surface area contributed by atoms with Crippen LogP contribution in [0.2, 0.25) is 0 Å². The van der Waals surface area contributed by atoms with Crippen LogP contribution in [0.25, 0.3) is 0 Å². The maximum atomic E-state index is 11.8. The first-order valence-corrected chi connectivity index (χ1v) is 10.7. The van der Waals surface area contributed by atoms with Crippen molar-refractivity contribution in [2.75, 3.05) is 7.11 Å². The molecule has 0 radical (unpaired) electrons. The fourth-order valence-electron chi connectivity index (χ4n) is 3.01. The third-order valence-corrected chi connectivity index (χ3v) is 4.74. The molecule has 0 heterocycles. The second kappa shape index (κ2) is 15.8. The number of esters is 1. The van der Waals surface area contributed by atoms with E-state index in [1.165, 1.54) is 64.9 Å². The molecule has 0 spiro atoms. The van der Waals surface area contributed by atoms with Crippen LogP contribution in [0.3, 0.4) is 0 Å². The lowest BCUT2D eigenvalue weighted by atomic mass is 10.1. The molecule has 0 bridgehead atoms. The minimum absolute atomic E-state index is 0.0571. The normalized spacial score (nSPS) is 10.9. The molecule has 0 aliphatic rings. The first kappa shape index (κ1) is 23.9. The summed E-state index contributed by atoms with van der Waals surface area (Å²) in [6.07, 6.45) is 16.0. The lowest BCUT2D eigenvalue weighted by Gasteiger charge is -2.03. The molecule has 0 atom stereocenters. The molecule has 1 amide bonds. The molecule has 0 saturated carbocycles. The third kappa shape index (κ3) is 11.5. The largest absolute Gasteiger partial charge is 0.465 e. The van der Waals surface area contributed by atoms with Gasteiger partial charge in [0, 0.05) is 6.42 Å². The average Bonchev–Trinajstić information content (AvgIpc) is 2.72. The number of hydrogen-bond donors (Lipinski definition) is 1. The molecule has 0 fully saturated rings. The van der Waals surface area contributed by atoms with E-state index in [9.17, 15) is 9.59 Å². The minimum atomic E-state index is -0.372. The standard InChI is InChI=1S/C23H36N2O3/c1-3-4-5-6-7-8-9-10-11-12-13-14-22(26)25-24-19-20-15-17-21(18-16-20)23(27)28-2/h15-19H,3-14H2,1-2H3,(H,25,26). The molecule has 0 aliphatic heterocycles. The van der Waals surface area contributed by atoms with E-state index in [2.05, 4.69) is 22.2 Å². The van der Waals surface area contributed by atoms with Crippen molar-refractivity contribution in [3.63, 3.8) is 0 Å². The Morgan fingerprint density at radius 2 is 1.43 bits per heavy atom. The molecule has 1 rings (SSSR count). The highest BCUT2D eigenvalue weighted by atomic mass is 16.5. The van der Waals surface area contributed by atoms with Gasteiger partial charge >= 0.3 is 5.97 Å². The number of benzene rings is 1. The minimum Gasteiger partial charge on any atom is -0.465 e. The van der Waals surface area contributed by atoms with E-state index >= 15 is 0 Å². The Kier molecular flexibility index (Phi) is 13.5. The second-order valence-corrected chi connectivity index (χ2v) is 7.19. The smallest absolute Gasteiger partial charge is 0.337 e. The Labute approximate surface area is 169 Å². The molecule has 1 N–H and O–H groups in total. The molecule has 1 aromatic rings. The Balaban J connectivity index is 2.03. The molecular weight excluding hydrogens is 352 g/mol. The maximum absolute atomic E-state index is 11.8. The van der Waals surface area contributed by atoms with Gasteiger partial charge in [-0.2, -0.15) is 5.10 Å². The molecule has 5 heteroatoms. The van der Waals surface area contributed by atoms with Crippen LogP contribution in [0.4, 0.5) is 0 Å². The number of hydrazone groups is 1. The predicted molar refractivity (Wildman–Crippen MR) is 115 cm³/mol. The van der Waals surface area contributed by atoms with E-state index in [-0.39, 0.29) is 11.9 Å². The summed E-state index contributed by atoms with van der Waals surface area (Å²) in [6, 6.07) is 6.85. The van der Waals surface area contributed by atoms with Gasteiger partial charge < -0.3 is 4.74 Å². The van der Waals surface area contributed by atoms with Crippen LogP contribution in [-0.2, 0) is 9.53 Å². The van der Waals surface area contributed by atoms with Gasteiger partial charge in [-0.25, -0.2) is 10.2 Å². The molecule has 0 saturated heterocycles. The number of rotatable bonds is 15. The summed E-state index contributed by atoms with van der Waals surface area (Å²) in [5.41, 5.74) is 3.85. The SMILES string of the molecule is CCCCCCCCCCCCCC(=O)NN=Cc1ccc(C(=O)OC)cc1. The number of carbonyl (C=O) groups is 2. The summed E-state index contributed by atoms with van der Waals surface area (Å²) in [6.45, 7) is 2.25. The van der Waals surface area contributed by atoms with Crippen LogP contribution in [0, 0.1) is 0 Å². The summed E-state index contributed by atoms with van der Waals surface area (Å²) in [4.78, 5) is 23.2. The summed E-state index contributed by atoms with van der Waals surface area (Å²) < 4.78 is 4.65. The number of nitrogens with one attached hydrogen (secondary N) is 1. The number of hydrogen-bond acceptors (Lipinski definition) is 4. The van der Waals surface area contributed by atoms with Gasteiger partial charge in [0.25, 0.3) is 0 Å². The van der Waals surface area contributed by atoms with Crippen LogP contribution < -0.4 is 5.43 Å². The van der Waals surface area contributed by atoms with E-state index in [1.54, 1.807) is 30.5 Å². The van der Waals surface area contributed by atoms with E-state index in [0.717, 1.165) is 18.4 Å². The van der Waals surface area contributed by atoms with Gasteiger partial charge in [0.05, 0.1) is 18.9 Å². The predicted octanol–water partition coefficient (Wildman–Crippen LogP) is 5.62.